The first-order valence-corrected chi connectivity index (χ1v) is 8.32. The predicted molar refractivity (Wildman–Crippen MR) is 96.8 cm³/mol. The SMILES string of the molecule is O=C(O)COc1cccc(/C=C2\SC(=Nc3ccccc3F)NC2=O)c1. The zero-order chi connectivity index (χ0) is 18.5. The van der Waals surface area contributed by atoms with Crippen LogP contribution in [0.2, 0.25) is 0 Å². The molecule has 2 N–H and O–H groups in total. The van der Waals surface area contributed by atoms with Crippen molar-refractivity contribution in [3.8, 4) is 5.75 Å². The molecular weight excluding hydrogens is 359 g/mol. The molecule has 0 spiro atoms. The van der Waals surface area contributed by atoms with E-state index in [-0.39, 0.29) is 16.8 Å². The molecular formula is C18H13FN2O4S. The van der Waals surface area contributed by atoms with Crippen molar-refractivity contribution in [1.29, 1.82) is 0 Å². The van der Waals surface area contributed by atoms with Crippen molar-refractivity contribution in [2.45, 2.75) is 0 Å². The van der Waals surface area contributed by atoms with Crippen molar-refractivity contribution < 1.29 is 23.8 Å². The molecule has 1 aliphatic heterocycles. The van der Waals surface area contributed by atoms with E-state index in [0.29, 0.717) is 16.2 Å². The van der Waals surface area contributed by atoms with E-state index in [1.165, 1.54) is 12.1 Å². The maximum Gasteiger partial charge on any atom is 0.341 e. The van der Waals surface area contributed by atoms with Crippen LogP contribution in [0.4, 0.5) is 10.1 Å². The second kappa shape index (κ2) is 7.83. The number of amidine groups is 1. The van der Waals surface area contributed by atoms with E-state index < -0.39 is 18.4 Å². The largest absolute Gasteiger partial charge is 0.482 e. The fraction of sp³-hybridized carbons (Fsp3) is 0.0556. The molecule has 8 heteroatoms. The van der Waals surface area contributed by atoms with Gasteiger partial charge in [0.1, 0.15) is 17.3 Å². The van der Waals surface area contributed by atoms with Crippen LogP contribution in [-0.4, -0.2) is 28.8 Å². The highest BCUT2D eigenvalue weighted by Crippen LogP contribution is 2.29. The van der Waals surface area contributed by atoms with Gasteiger partial charge in [0.05, 0.1) is 4.91 Å². The molecule has 132 valence electrons. The third-order valence-electron chi connectivity index (χ3n) is 3.24. The van der Waals surface area contributed by atoms with E-state index in [2.05, 4.69) is 10.3 Å². The summed E-state index contributed by atoms with van der Waals surface area (Å²) in [4.78, 5) is 27.1. The van der Waals surface area contributed by atoms with Gasteiger partial charge in [0.2, 0.25) is 0 Å². The van der Waals surface area contributed by atoms with Gasteiger partial charge in [-0.2, -0.15) is 0 Å². The minimum atomic E-state index is -1.08. The van der Waals surface area contributed by atoms with Gasteiger partial charge < -0.3 is 15.2 Å². The number of benzene rings is 2. The Morgan fingerprint density at radius 3 is 2.85 bits per heavy atom. The number of carbonyl (C=O) groups is 2. The number of nitrogens with one attached hydrogen (secondary N) is 1. The van der Waals surface area contributed by atoms with Gasteiger partial charge in [-0.3, -0.25) is 4.79 Å². The molecule has 0 aromatic heterocycles. The van der Waals surface area contributed by atoms with Crippen molar-refractivity contribution in [3.63, 3.8) is 0 Å². The second-order valence-corrected chi connectivity index (χ2v) is 6.22. The number of aliphatic carboxylic acids is 1. The number of hydrogen-bond donors (Lipinski definition) is 2. The van der Waals surface area contributed by atoms with Crippen molar-refractivity contribution in [2.24, 2.45) is 4.99 Å². The first-order valence-electron chi connectivity index (χ1n) is 7.50. The molecule has 2 aromatic carbocycles. The van der Waals surface area contributed by atoms with Crippen LogP contribution in [-0.2, 0) is 9.59 Å². The summed E-state index contributed by atoms with van der Waals surface area (Å²) in [6.07, 6.45) is 1.62. The van der Waals surface area contributed by atoms with Crippen LogP contribution in [0.25, 0.3) is 6.08 Å². The van der Waals surface area contributed by atoms with Crippen molar-refractivity contribution in [2.75, 3.05) is 6.61 Å². The minimum absolute atomic E-state index is 0.139. The number of amides is 1. The summed E-state index contributed by atoms with van der Waals surface area (Å²) >= 11 is 1.09. The molecule has 3 rings (SSSR count). The molecule has 26 heavy (non-hydrogen) atoms. The molecule has 1 heterocycles. The van der Waals surface area contributed by atoms with Crippen molar-refractivity contribution in [1.82, 2.24) is 5.32 Å². The van der Waals surface area contributed by atoms with Gasteiger partial charge in [-0.1, -0.05) is 24.3 Å². The van der Waals surface area contributed by atoms with Gasteiger partial charge in [0.25, 0.3) is 5.91 Å². The predicted octanol–water partition coefficient (Wildman–Crippen LogP) is 3.18. The van der Waals surface area contributed by atoms with E-state index in [4.69, 9.17) is 9.84 Å². The van der Waals surface area contributed by atoms with E-state index in [0.717, 1.165) is 11.8 Å². The second-order valence-electron chi connectivity index (χ2n) is 5.19. The number of carboxylic acids is 1. The summed E-state index contributed by atoms with van der Waals surface area (Å²) in [6.45, 7) is -0.450. The third-order valence-corrected chi connectivity index (χ3v) is 4.15. The number of halogens is 1. The summed E-state index contributed by atoms with van der Waals surface area (Å²) in [5.41, 5.74) is 0.804. The lowest BCUT2D eigenvalue weighted by molar-refractivity contribution is -0.139. The van der Waals surface area contributed by atoms with E-state index >= 15 is 0 Å². The van der Waals surface area contributed by atoms with Gasteiger partial charge in [-0.25, -0.2) is 14.2 Å². The maximum atomic E-state index is 13.7. The smallest absolute Gasteiger partial charge is 0.341 e. The van der Waals surface area contributed by atoms with Crippen LogP contribution in [0.3, 0.4) is 0 Å². The lowest BCUT2D eigenvalue weighted by Gasteiger charge is -2.03. The number of carboxylic acid groups (broad SMARTS) is 1. The Morgan fingerprint density at radius 2 is 2.08 bits per heavy atom. The van der Waals surface area contributed by atoms with Crippen LogP contribution in [0.15, 0.2) is 58.4 Å². The Bertz CT molecular complexity index is 927. The number of thioether (sulfide) groups is 1. The fourth-order valence-electron chi connectivity index (χ4n) is 2.12. The Labute approximate surface area is 152 Å². The summed E-state index contributed by atoms with van der Waals surface area (Å²) in [5.74, 6) is -1.52. The first kappa shape index (κ1) is 17.7. The van der Waals surface area contributed by atoms with Gasteiger partial charge in [-0.05, 0) is 47.7 Å². The minimum Gasteiger partial charge on any atom is -0.482 e. The van der Waals surface area contributed by atoms with Gasteiger partial charge in [0.15, 0.2) is 11.8 Å². The number of hydrogen-bond acceptors (Lipinski definition) is 5. The highest BCUT2D eigenvalue weighted by Gasteiger charge is 2.24. The topological polar surface area (TPSA) is 88.0 Å². The third kappa shape index (κ3) is 4.48. The van der Waals surface area contributed by atoms with Crippen LogP contribution >= 0.6 is 11.8 Å². The normalized spacial score (nSPS) is 16.7. The molecule has 1 fully saturated rings. The highest BCUT2D eigenvalue weighted by atomic mass is 32.2. The summed E-state index contributed by atoms with van der Waals surface area (Å²) < 4.78 is 18.8. The Balaban J connectivity index is 1.78. The van der Waals surface area contributed by atoms with Crippen LogP contribution in [0.1, 0.15) is 5.56 Å². The molecule has 1 aliphatic rings. The molecule has 0 radical (unpaired) electrons. The maximum absolute atomic E-state index is 13.7. The highest BCUT2D eigenvalue weighted by molar-refractivity contribution is 8.18. The number of carbonyl (C=O) groups excluding carboxylic acids is 1. The van der Waals surface area contributed by atoms with Crippen LogP contribution in [0.5, 0.6) is 5.75 Å². The monoisotopic (exact) mass is 372 g/mol. The molecule has 0 unspecified atom stereocenters. The van der Waals surface area contributed by atoms with Gasteiger partial charge in [-0.15, -0.1) is 0 Å². The lowest BCUT2D eigenvalue weighted by atomic mass is 10.2. The Kier molecular flexibility index (Phi) is 5.33. The Hall–Kier alpha value is -3.13. The fourth-order valence-corrected chi connectivity index (χ4v) is 2.96. The zero-order valence-electron chi connectivity index (χ0n) is 13.3. The van der Waals surface area contributed by atoms with Crippen LogP contribution in [0, 0.1) is 5.82 Å². The molecule has 0 aliphatic carbocycles. The summed E-state index contributed by atoms with van der Waals surface area (Å²) in [6, 6.07) is 12.7. The van der Waals surface area contributed by atoms with Crippen molar-refractivity contribution in [3.05, 3.63) is 64.8 Å². The molecule has 1 amide bonds. The molecule has 0 saturated carbocycles. The first-order chi connectivity index (χ1) is 12.5. The molecule has 0 atom stereocenters. The quantitative estimate of drug-likeness (QED) is 0.787. The molecule has 0 bridgehead atoms. The van der Waals surface area contributed by atoms with Gasteiger partial charge in [0, 0.05) is 0 Å². The van der Waals surface area contributed by atoms with E-state index in [1.54, 1.807) is 42.5 Å². The number of aliphatic imine (C=N–C) groups is 1. The molecule has 2 aromatic rings. The lowest BCUT2D eigenvalue weighted by Crippen LogP contribution is -2.19. The van der Waals surface area contributed by atoms with Crippen LogP contribution < -0.4 is 10.1 Å². The van der Waals surface area contributed by atoms with Crippen molar-refractivity contribution >= 4 is 40.6 Å². The average Bonchev–Trinajstić information content (AvgIpc) is 2.95. The standard InChI is InChI=1S/C18H13FN2O4S/c19-13-6-1-2-7-14(13)20-18-21-17(24)15(26-18)9-11-4-3-5-12(8-11)25-10-16(22)23/h1-9H,10H2,(H,22,23)(H,20,21,24)/b15-9-. The average molecular weight is 372 g/mol. The number of nitrogens with zero attached hydrogens (tertiary/aromatic N) is 1. The summed E-state index contributed by atoms with van der Waals surface area (Å²) in [5, 5.41) is 11.5. The molecule has 1 saturated heterocycles. The Morgan fingerprint density at radius 1 is 1.27 bits per heavy atom. The number of rotatable bonds is 5. The number of para-hydroxylation sites is 1. The van der Waals surface area contributed by atoms with E-state index in [1.807, 2.05) is 0 Å². The van der Waals surface area contributed by atoms with E-state index in [9.17, 15) is 14.0 Å². The summed E-state index contributed by atoms with van der Waals surface area (Å²) in [7, 11) is 0. The number of ether oxygens (including phenoxy) is 1. The molecule has 6 nitrogen and oxygen atoms in total. The van der Waals surface area contributed by atoms with Gasteiger partial charge >= 0.3 is 5.97 Å². The zero-order valence-corrected chi connectivity index (χ0v) is 14.1.